The van der Waals surface area contributed by atoms with Gasteiger partial charge in [-0.05, 0) is 12.0 Å². The number of nitrogens with zero attached hydrogens (tertiary/aromatic N) is 1. The highest BCUT2D eigenvalue weighted by Crippen LogP contribution is 2.02. The lowest BCUT2D eigenvalue weighted by atomic mass is 10.1. The van der Waals surface area contributed by atoms with Crippen molar-refractivity contribution in [2.45, 2.75) is 18.9 Å². The molecule has 0 aromatic heterocycles. The predicted octanol–water partition coefficient (Wildman–Crippen LogP) is 1.47. The van der Waals surface area contributed by atoms with Crippen molar-refractivity contribution in [3.8, 4) is 6.07 Å². The second-order valence-corrected chi connectivity index (χ2v) is 2.81. The van der Waals surface area contributed by atoms with Gasteiger partial charge in [-0.15, -0.1) is 0 Å². The van der Waals surface area contributed by atoms with Gasteiger partial charge >= 0.3 is 0 Å². The molecule has 1 atom stereocenters. The van der Waals surface area contributed by atoms with Crippen LogP contribution in [-0.2, 0) is 6.42 Å². The van der Waals surface area contributed by atoms with Crippen molar-refractivity contribution >= 4 is 0 Å². The van der Waals surface area contributed by atoms with Crippen LogP contribution in [0.3, 0.4) is 0 Å². The van der Waals surface area contributed by atoms with E-state index in [1.807, 2.05) is 30.3 Å². The van der Waals surface area contributed by atoms with Crippen LogP contribution in [0, 0.1) is 11.3 Å². The zero-order valence-corrected chi connectivity index (χ0v) is 6.90. The zero-order valence-electron chi connectivity index (χ0n) is 6.90. The Morgan fingerprint density at radius 3 is 2.58 bits per heavy atom. The SMILES string of the molecule is N#CCC(N)Cc1ccccc1. The minimum absolute atomic E-state index is 0.0302. The molecule has 1 rings (SSSR count). The summed E-state index contributed by atoms with van der Waals surface area (Å²) >= 11 is 0. The minimum Gasteiger partial charge on any atom is -0.326 e. The molecule has 12 heavy (non-hydrogen) atoms. The lowest BCUT2D eigenvalue weighted by Gasteiger charge is -2.05. The van der Waals surface area contributed by atoms with Gasteiger partial charge in [-0.1, -0.05) is 30.3 Å². The first kappa shape index (κ1) is 8.76. The highest BCUT2D eigenvalue weighted by Gasteiger charge is 2.01. The molecule has 0 amide bonds. The Morgan fingerprint density at radius 1 is 1.33 bits per heavy atom. The Labute approximate surface area is 72.6 Å². The average Bonchev–Trinajstić information content (AvgIpc) is 2.06. The first-order valence-corrected chi connectivity index (χ1v) is 3.99. The van der Waals surface area contributed by atoms with Gasteiger partial charge in [0.25, 0.3) is 0 Å². The fraction of sp³-hybridized carbons (Fsp3) is 0.300. The number of rotatable bonds is 3. The Balaban J connectivity index is 2.48. The van der Waals surface area contributed by atoms with Crippen molar-refractivity contribution in [2.75, 3.05) is 0 Å². The van der Waals surface area contributed by atoms with E-state index in [4.69, 9.17) is 11.0 Å². The molecule has 1 unspecified atom stereocenters. The summed E-state index contributed by atoms with van der Waals surface area (Å²) in [4.78, 5) is 0. The van der Waals surface area contributed by atoms with Crippen LogP contribution in [-0.4, -0.2) is 6.04 Å². The molecule has 0 heterocycles. The topological polar surface area (TPSA) is 49.8 Å². The number of nitriles is 1. The number of hydrogen-bond donors (Lipinski definition) is 1. The molecular weight excluding hydrogens is 148 g/mol. The quantitative estimate of drug-likeness (QED) is 0.727. The molecule has 0 saturated heterocycles. The highest BCUT2D eigenvalue weighted by atomic mass is 14.6. The molecular formula is C10H12N2. The standard InChI is InChI=1S/C10H12N2/c11-7-6-10(12)8-9-4-2-1-3-5-9/h1-5,10H,6,8,12H2. The van der Waals surface area contributed by atoms with Gasteiger partial charge in [-0.25, -0.2) is 0 Å². The lowest BCUT2D eigenvalue weighted by Crippen LogP contribution is -2.21. The van der Waals surface area contributed by atoms with Crippen molar-refractivity contribution in [3.05, 3.63) is 35.9 Å². The van der Waals surface area contributed by atoms with Crippen molar-refractivity contribution in [1.29, 1.82) is 5.26 Å². The molecule has 1 aromatic rings. The maximum Gasteiger partial charge on any atom is 0.0638 e. The third-order valence-electron chi connectivity index (χ3n) is 1.69. The van der Waals surface area contributed by atoms with Gasteiger partial charge in [0.1, 0.15) is 0 Å². The van der Waals surface area contributed by atoms with Gasteiger partial charge in [0, 0.05) is 6.04 Å². The first-order valence-electron chi connectivity index (χ1n) is 3.99. The summed E-state index contributed by atoms with van der Waals surface area (Å²) in [6.45, 7) is 0. The smallest absolute Gasteiger partial charge is 0.0638 e. The Hall–Kier alpha value is -1.33. The van der Waals surface area contributed by atoms with Crippen LogP contribution in [0.1, 0.15) is 12.0 Å². The van der Waals surface area contributed by atoms with Crippen molar-refractivity contribution in [2.24, 2.45) is 5.73 Å². The molecule has 1 aromatic carbocycles. The molecule has 0 fully saturated rings. The van der Waals surface area contributed by atoms with Crippen molar-refractivity contribution in [1.82, 2.24) is 0 Å². The number of benzene rings is 1. The Morgan fingerprint density at radius 2 is 2.00 bits per heavy atom. The van der Waals surface area contributed by atoms with E-state index in [2.05, 4.69) is 6.07 Å². The van der Waals surface area contributed by atoms with Crippen molar-refractivity contribution in [3.63, 3.8) is 0 Å². The number of nitrogens with two attached hydrogens (primary N) is 1. The van der Waals surface area contributed by atoms with E-state index in [0.29, 0.717) is 6.42 Å². The van der Waals surface area contributed by atoms with E-state index in [-0.39, 0.29) is 6.04 Å². The van der Waals surface area contributed by atoms with E-state index in [0.717, 1.165) is 6.42 Å². The maximum absolute atomic E-state index is 8.38. The zero-order chi connectivity index (χ0) is 8.81. The van der Waals surface area contributed by atoms with Gasteiger partial charge in [0.05, 0.1) is 12.5 Å². The van der Waals surface area contributed by atoms with E-state index in [1.165, 1.54) is 5.56 Å². The van der Waals surface area contributed by atoms with E-state index < -0.39 is 0 Å². The van der Waals surface area contributed by atoms with E-state index >= 15 is 0 Å². The molecule has 0 aliphatic carbocycles. The molecule has 0 radical (unpaired) electrons. The van der Waals surface area contributed by atoms with Crippen LogP contribution >= 0.6 is 0 Å². The molecule has 0 aliphatic rings. The molecule has 2 N–H and O–H groups in total. The molecule has 0 aliphatic heterocycles. The summed E-state index contributed by atoms with van der Waals surface area (Å²) < 4.78 is 0. The summed E-state index contributed by atoms with van der Waals surface area (Å²) in [5, 5.41) is 8.38. The monoisotopic (exact) mass is 160 g/mol. The van der Waals surface area contributed by atoms with Gasteiger partial charge in [0.2, 0.25) is 0 Å². The second-order valence-electron chi connectivity index (χ2n) is 2.81. The summed E-state index contributed by atoms with van der Waals surface area (Å²) in [5.74, 6) is 0. The summed E-state index contributed by atoms with van der Waals surface area (Å²) in [6, 6.07) is 12.0. The van der Waals surface area contributed by atoms with Crippen molar-refractivity contribution < 1.29 is 0 Å². The fourth-order valence-corrected chi connectivity index (χ4v) is 1.11. The third kappa shape index (κ3) is 2.73. The van der Waals surface area contributed by atoms with Gasteiger partial charge in [-0.3, -0.25) is 0 Å². The van der Waals surface area contributed by atoms with E-state index in [9.17, 15) is 0 Å². The molecule has 0 spiro atoms. The predicted molar refractivity (Wildman–Crippen MR) is 48.4 cm³/mol. The van der Waals surface area contributed by atoms with Crippen LogP contribution in [0.15, 0.2) is 30.3 Å². The molecule has 0 bridgehead atoms. The summed E-state index contributed by atoms with van der Waals surface area (Å²) in [5.41, 5.74) is 6.89. The molecule has 62 valence electrons. The van der Waals surface area contributed by atoms with Crippen LogP contribution in [0.4, 0.5) is 0 Å². The number of hydrogen-bond acceptors (Lipinski definition) is 2. The summed E-state index contributed by atoms with van der Waals surface area (Å²) in [7, 11) is 0. The van der Waals surface area contributed by atoms with Gasteiger partial charge in [0.15, 0.2) is 0 Å². The molecule has 2 nitrogen and oxygen atoms in total. The third-order valence-corrected chi connectivity index (χ3v) is 1.69. The molecule has 2 heteroatoms. The molecule has 0 saturated carbocycles. The minimum atomic E-state index is -0.0302. The van der Waals surface area contributed by atoms with Gasteiger partial charge < -0.3 is 5.73 Å². The Bertz CT molecular complexity index is 261. The first-order chi connectivity index (χ1) is 5.83. The maximum atomic E-state index is 8.38. The van der Waals surface area contributed by atoms with Gasteiger partial charge in [-0.2, -0.15) is 5.26 Å². The normalized spacial score (nSPS) is 12.0. The summed E-state index contributed by atoms with van der Waals surface area (Å²) in [6.07, 6.45) is 1.21. The fourth-order valence-electron chi connectivity index (χ4n) is 1.11. The Kier molecular flexibility index (Phi) is 3.31. The van der Waals surface area contributed by atoms with Crippen LogP contribution in [0.25, 0.3) is 0 Å². The highest BCUT2D eigenvalue weighted by molar-refractivity contribution is 5.15. The average molecular weight is 160 g/mol. The van der Waals surface area contributed by atoms with Crippen LogP contribution in [0.2, 0.25) is 0 Å². The second kappa shape index (κ2) is 4.53. The van der Waals surface area contributed by atoms with Crippen LogP contribution in [0.5, 0.6) is 0 Å². The van der Waals surface area contributed by atoms with E-state index in [1.54, 1.807) is 0 Å². The largest absolute Gasteiger partial charge is 0.326 e. The lowest BCUT2D eigenvalue weighted by molar-refractivity contribution is 0.685. The van der Waals surface area contributed by atoms with Crippen LogP contribution < -0.4 is 5.73 Å².